The molecule has 8 nitrogen and oxygen atoms in total. The number of aliphatic carboxylic acids is 1. The molecule has 118 valence electrons. The lowest BCUT2D eigenvalue weighted by Crippen LogP contribution is -2.47. The smallest absolute Gasteiger partial charge is 0.410 e. The van der Waals surface area contributed by atoms with Crippen LogP contribution in [0.15, 0.2) is 5.11 Å². The van der Waals surface area contributed by atoms with Crippen molar-refractivity contribution in [2.24, 2.45) is 11.0 Å². The lowest BCUT2D eigenvalue weighted by molar-refractivity contribution is -0.137. The van der Waals surface area contributed by atoms with Crippen LogP contribution < -0.4 is 0 Å². The third-order valence-corrected chi connectivity index (χ3v) is 3.26. The number of carboxylic acid groups (broad SMARTS) is 1. The molecule has 0 unspecified atom stereocenters. The Morgan fingerprint density at radius 2 is 2.14 bits per heavy atom. The number of carboxylic acids is 1. The van der Waals surface area contributed by atoms with Crippen molar-refractivity contribution >= 4 is 12.1 Å². The molecule has 1 saturated heterocycles. The Bertz CT molecular complexity index is 440. The molecule has 1 heterocycles. The van der Waals surface area contributed by atoms with Crippen LogP contribution in [0, 0.1) is 5.92 Å². The maximum absolute atomic E-state index is 12.1. The molecule has 0 aromatic rings. The van der Waals surface area contributed by atoms with Crippen molar-refractivity contribution in [3.63, 3.8) is 0 Å². The molecule has 1 amide bonds. The van der Waals surface area contributed by atoms with Crippen LogP contribution >= 0.6 is 0 Å². The second kappa shape index (κ2) is 7.17. The highest BCUT2D eigenvalue weighted by molar-refractivity contribution is 5.68. The average Bonchev–Trinajstić information content (AvgIpc) is 2.34. The van der Waals surface area contributed by atoms with Crippen LogP contribution in [0.4, 0.5) is 4.79 Å². The molecule has 1 fully saturated rings. The second-order valence-electron chi connectivity index (χ2n) is 6.18. The van der Waals surface area contributed by atoms with Gasteiger partial charge in [-0.1, -0.05) is 5.11 Å². The first-order chi connectivity index (χ1) is 9.73. The quantitative estimate of drug-likeness (QED) is 0.487. The molecular formula is C13H22N4O4. The van der Waals surface area contributed by atoms with E-state index in [2.05, 4.69) is 10.0 Å². The number of piperidine rings is 1. The first-order valence-electron chi connectivity index (χ1n) is 6.98. The molecule has 0 aromatic carbocycles. The van der Waals surface area contributed by atoms with E-state index in [9.17, 15) is 9.59 Å². The number of rotatable bonds is 4. The van der Waals surface area contributed by atoms with Gasteiger partial charge in [0.25, 0.3) is 0 Å². The number of amides is 1. The average molecular weight is 298 g/mol. The van der Waals surface area contributed by atoms with Crippen molar-refractivity contribution in [1.29, 1.82) is 0 Å². The van der Waals surface area contributed by atoms with Crippen molar-refractivity contribution in [2.45, 2.75) is 58.2 Å². The minimum Gasteiger partial charge on any atom is -0.481 e. The van der Waals surface area contributed by atoms with E-state index < -0.39 is 23.8 Å². The predicted octanol–water partition coefficient (Wildman–Crippen LogP) is 3.13. The maximum Gasteiger partial charge on any atom is 0.410 e. The molecule has 1 rings (SSSR count). The summed E-state index contributed by atoms with van der Waals surface area (Å²) in [4.78, 5) is 26.9. The van der Waals surface area contributed by atoms with Gasteiger partial charge in [0, 0.05) is 17.9 Å². The Morgan fingerprint density at radius 1 is 1.48 bits per heavy atom. The number of carbonyl (C=O) groups is 2. The fraction of sp³-hybridized carbons (Fsp3) is 0.846. The fourth-order valence-electron chi connectivity index (χ4n) is 2.31. The molecule has 1 aliphatic rings. The van der Waals surface area contributed by atoms with Crippen molar-refractivity contribution in [2.75, 3.05) is 6.54 Å². The standard InChI is InChI=1S/C13H22N4O4/c1-13(2,3)21-12(20)17-7-6-9(4-5-11(18)19)8-10(17)15-16-14/h9-10H,4-8H2,1-3H3,(H,18,19)/t9-,10+/m0/s1. The summed E-state index contributed by atoms with van der Waals surface area (Å²) in [5.74, 6) is -0.708. The molecule has 1 aliphatic heterocycles. The number of hydrogen-bond acceptors (Lipinski definition) is 4. The molecule has 0 bridgehead atoms. The number of carbonyl (C=O) groups excluding carboxylic acids is 1. The van der Waals surface area contributed by atoms with E-state index in [-0.39, 0.29) is 12.3 Å². The minimum atomic E-state index is -0.843. The molecule has 0 aliphatic carbocycles. The molecule has 2 atom stereocenters. The monoisotopic (exact) mass is 298 g/mol. The van der Waals surface area contributed by atoms with E-state index in [0.29, 0.717) is 25.8 Å². The van der Waals surface area contributed by atoms with Gasteiger partial charge in [-0.15, -0.1) is 0 Å². The lowest BCUT2D eigenvalue weighted by atomic mass is 9.90. The first kappa shape index (κ1) is 17.1. The van der Waals surface area contributed by atoms with E-state index in [4.69, 9.17) is 15.4 Å². The molecule has 1 N–H and O–H groups in total. The van der Waals surface area contributed by atoms with Gasteiger partial charge in [0.05, 0.1) is 0 Å². The topological polar surface area (TPSA) is 116 Å². The highest BCUT2D eigenvalue weighted by Crippen LogP contribution is 2.28. The molecule has 21 heavy (non-hydrogen) atoms. The Hall–Kier alpha value is -1.95. The normalized spacial score (nSPS) is 22.3. The van der Waals surface area contributed by atoms with Gasteiger partial charge < -0.3 is 9.84 Å². The van der Waals surface area contributed by atoms with Gasteiger partial charge in [-0.05, 0) is 51.5 Å². The van der Waals surface area contributed by atoms with Crippen molar-refractivity contribution in [3.05, 3.63) is 10.4 Å². The Balaban J connectivity index is 2.68. The third kappa shape index (κ3) is 5.91. The van der Waals surface area contributed by atoms with E-state index >= 15 is 0 Å². The number of nitrogens with zero attached hydrogens (tertiary/aromatic N) is 4. The van der Waals surface area contributed by atoms with Gasteiger partial charge >= 0.3 is 12.1 Å². The number of ether oxygens (including phenoxy) is 1. The summed E-state index contributed by atoms with van der Waals surface area (Å²) < 4.78 is 5.30. The van der Waals surface area contributed by atoms with Crippen LogP contribution in [-0.2, 0) is 9.53 Å². The zero-order chi connectivity index (χ0) is 16.0. The maximum atomic E-state index is 12.1. The van der Waals surface area contributed by atoms with Crippen molar-refractivity contribution in [3.8, 4) is 0 Å². The summed E-state index contributed by atoms with van der Waals surface area (Å²) in [5.41, 5.74) is 8.03. The van der Waals surface area contributed by atoms with Gasteiger partial charge in [-0.3, -0.25) is 9.69 Å². The van der Waals surface area contributed by atoms with Gasteiger partial charge in [0.1, 0.15) is 11.8 Å². The predicted molar refractivity (Wildman–Crippen MR) is 75.5 cm³/mol. The number of azide groups is 1. The van der Waals surface area contributed by atoms with E-state index in [1.807, 2.05) is 0 Å². The van der Waals surface area contributed by atoms with Crippen molar-refractivity contribution < 1.29 is 19.4 Å². The molecular weight excluding hydrogens is 276 g/mol. The zero-order valence-corrected chi connectivity index (χ0v) is 12.7. The van der Waals surface area contributed by atoms with Crippen LogP contribution in [0.1, 0.15) is 46.5 Å². The fourth-order valence-corrected chi connectivity index (χ4v) is 2.31. The second-order valence-corrected chi connectivity index (χ2v) is 6.18. The molecule has 0 spiro atoms. The van der Waals surface area contributed by atoms with E-state index in [0.717, 1.165) is 0 Å². The van der Waals surface area contributed by atoms with E-state index in [1.165, 1.54) is 4.90 Å². The Labute approximate surface area is 123 Å². The van der Waals surface area contributed by atoms with Crippen LogP contribution in [-0.4, -0.2) is 40.4 Å². The van der Waals surface area contributed by atoms with Crippen LogP contribution in [0.2, 0.25) is 0 Å². The van der Waals surface area contributed by atoms with Gasteiger partial charge in [0.2, 0.25) is 0 Å². The molecule has 0 radical (unpaired) electrons. The summed E-state index contributed by atoms with van der Waals surface area (Å²) in [6.07, 6.45) is 0.643. The summed E-state index contributed by atoms with van der Waals surface area (Å²) in [7, 11) is 0. The largest absolute Gasteiger partial charge is 0.481 e. The Kier molecular flexibility index (Phi) is 5.84. The summed E-state index contributed by atoms with van der Waals surface area (Å²) in [6.45, 7) is 5.72. The summed E-state index contributed by atoms with van der Waals surface area (Å²) in [5, 5.41) is 12.4. The highest BCUT2D eigenvalue weighted by Gasteiger charge is 2.33. The molecule has 0 aromatic heterocycles. The van der Waals surface area contributed by atoms with Crippen LogP contribution in [0.5, 0.6) is 0 Å². The first-order valence-corrected chi connectivity index (χ1v) is 6.98. The van der Waals surface area contributed by atoms with Crippen molar-refractivity contribution in [1.82, 2.24) is 4.90 Å². The summed E-state index contributed by atoms with van der Waals surface area (Å²) >= 11 is 0. The SMILES string of the molecule is CC(C)(C)OC(=O)N1CC[C@H](CCC(=O)O)C[C@@H]1N=[N+]=[N-]. The highest BCUT2D eigenvalue weighted by atomic mass is 16.6. The lowest BCUT2D eigenvalue weighted by Gasteiger charge is -2.37. The number of likely N-dealkylation sites (tertiary alicyclic amines) is 1. The third-order valence-electron chi connectivity index (χ3n) is 3.26. The van der Waals surface area contributed by atoms with Gasteiger partial charge in [0.15, 0.2) is 0 Å². The van der Waals surface area contributed by atoms with Crippen LogP contribution in [0.25, 0.3) is 10.4 Å². The zero-order valence-electron chi connectivity index (χ0n) is 12.7. The van der Waals surface area contributed by atoms with Crippen LogP contribution in [0.3, 0.4) is 0 Å². The number of hydrogen-bond donors (Lipinski definition) is 1. The minimum absolute atomic E-state index is 0.0834. The van der Waals surface area contributed by atoms with Gasteiger partial charge in [-0.25, -0.2) is 4.79 Å². The van der Waals surface area contributed by atoms with Gasteiger partial charge in [-0.2, -0.15) is 0 Å². The van der Waals surface area contributed by atoms with E-state index in [1.54, 1.807) is 20.8 Å². The molecule has 0 saturated carbocycles. The molecule has 8 heteroatoms. The summed E-state index contributed by atoms with van der Waals surface area (Å²) in [6, 6.07) is 0. The Morgan fingerprint density at radius 3 is 2.67 bits per heavy atom.